The lowest BCUT2D eigenvalue weighted by molar-refractivity contribution is -0.157. The highest BCUT2D eigenvalue weighted by Gasteiger charge is 2.49. The van der Waals surface area contributed by atoms with Crippen LogP contribution in [0.15, 0.2) is 18.3 Å². The molecule has 1 aliphatic heterocycles. The van der Waals surface area contributed by atoms with Gasteiger partial charge < -0.3 is 15.4 Å². The Morgan fingerprint density at radius 1 is 1.43 bits per heavy atom. The minimum Gasteiger partial charge on any atom is -0.466 e. The molecule has 1 spiro atoms. The molecule has 1 saturated carbocycles. The van der Waals surface area contributed by atoms with E-state index in [4.69, 9.17) is 10.5 Å². The summed E-state index contributed by atoms with van der Waals surface area (Å²) in [5.41, 5.74) is 6.73. The fraction of sp³-hybridized carbons (Fsp3) is 0.625. The molecule has 2 N–H and O–H groups in total. The smallest absolute Gasteiger partial charge is 0.308 e. The summed E-state index contributed by atoms with van der Waals surface area (Å²) in [6.45, 7) is 4.36. The Labute approximate surface area is 125 Å². The third-order valence-electron chi connectivity index (χ3n) is 4.90. The van der Waals surface area contributed by atoms with Crippen LogP contribution in [0.5, 0.6) is 0 Å². The monoisotopic (exact) mass is 289 g/mol. The van der Waals surface area contributed by atoms with Crippen LogP contribution < -0.4 is 10.6 Å². The molecule has 21 heavy (non-hydrogen) atoms. The van der Waals surface area contributed by atoms with Crippen molar-refractivity contribution >= 4 is 17.5 Å². The summed E-state index contributed by atoms with van der Waals surface area (Å²) in [7, 11) is 0. The maximum atomic E-state index is 11.7. The standard InChI is InChI=1S/C16H23N3O2/c1-2-21-15(20)12-9-16(10-12)5-7-19(8-6-16)14-4-3-13(17)11-18-14/h3-4,11-12H,2,5-10,17H2,1H3. The average Bonchev–Trinajstić information content (AvgIpc) is 2.46. The molecule has 0 radical (unpaired) electrons. The first-order valence-electron chi connectivity index (χ1n) is 7.75. The van der Waals surface area contributed by atoms with E-state index in [0.717, 1.165) is 44.6 Å². The number of nitrogens with zero attached hydrogens (tertiary/aromatic N) is 2. The molecule has 0 atom stereocenters. The number of carbonyl (C=O) groups excluding carboxylic acids is 1. The number of rotatable bonds is 3. The second kappa shape index (κ2) is 5.54. The van der Waals surface area contributed by atoms with Crippen molar-refractivity contribution < 1.29 is 9.53 Å². The first-order valence-corrected chi connectivity index (χ1v) is 7.75. The normalized spacial score (nSPS) is 21.1. The highest BCUT2D eigenvalue weighted by Crippen LogP contribution is 2.53. The second-order valence-corrected chi connectivity index (χ2v) is 6.29. The summed E-state index contributed by atoms with van der Waals surface area (Å²) in [6, 6.07) is 3.88. The van der Waals surface area contributed by atoms with Crippen LogP contribution in [0.4, 0.5) is 11.5 Å². The lowest BCUT2D eigenvalue weighted by atomic mass is 9.57. The number of hydrogen-bond acceptors (Lipinski definition) is 5. The van der Waals surface area contributed by atoms with E-state index in [0.29, 0.717) is 17.7 Å². The van der Waals surface area contributed by atoms with Crippen molar-refractivity contribution in [2.45, 2.75) is 32.6 Å². The van der Waals surface area contributed by atoms with Crippen molar-refractivity contribution in [1.29, 1.82) is 0 Å². The van der Waals surface area contributed by atoms with Gasteiger partial charge in [-0.2, -0.15) is 0 Å². The van der Waals surface area contributed by atoms with Crippen LogP contribution in [0.1, 0.15) is 32.6 Å². The van der Waals surface area contributed by atoms with E-state index in [-0.39, 0.29) is 11.9 Å². The third-order valence-corrected chi connectivity index (χ3v) is 4.90. The summed E-state index contributed by atoms with van der Waals surface area (Å²) < 4.78 is 5.11. The van der Waals surface area contributed by atoms with Gasteiger partial charge in [-0.3, -0.25) is 4.79 Å². The molecule has 0 unspecified atom stereocenters. The van der Waals surface area contributed by atoms with Gasteiger partial charge in [0.2, 0.25) is 0 Å². The molecule has 1 aromatic heterocycles. The van der Waals surface area contributed by atoms with Gasteiger partial charge in [-0.25, -0.2) is 4.98 Å². The molecule has 5 heteroatoms. The maximum Gasteiger partial charge on any atom is 0.308 e. The quantitative estimate of drug-likeness (QED) is 0.864. The minimum atomic E-state index is -0.00856. The van der Waals surface area contributed by atoms with Crippen LogP contribution in [0, 0.1) is 11.3 Å². The second-order valence-electron chi connectivity index (χ2n) is 6.29. The van der Waals surface area contributed by atoms with Gasteiger partial charge >= 0.3 is 5.97 Å². The molecule has 1 aliphatic carbocycles. The molecular formula is C16H23N3O2. The molecule has 0 amide bonds. The molecular weight excluding hydrogens is 266 g/mol. The molecule has 3 rings (SSSR count). The largest absolute Gasteiger partial charge is 0.466 e. The van der Waals surface area contributed by atoms with E-state index in [1.807, 2.05) is 19.1 Å². The van der Waals surface area contributed by atoms with E-state index in [1.54, 1.807) is 6.20 Å². The Balaban J connectivity index is 1.52. The predicted octanol–water partition coefficient (Wildman–Crippen LogP) is 2.22. The number of piperidine rings is 1. The SMILES string of the molecule is CCOC(=O)C1CC2(CCN(c3ccc(N)cn3)CC2)C1. The van der Waals surface area contributed by atoms with Crippen molar-refractivity contribution in [3.8, 4) is 0 Å². The van der Waals surface area contributed by atoms with Crippen molar-refractivity contribution in [1.82, 2.24) is 4.98 Å². The van der Waals surface area contributed by atoms with Crippen molar-refractivity contribution in [3.05, 3.63) is 18.3 Å². The molecule has 1 aromatic rings. The van der Waals surface area contributed by atoms with Gasteiger partial charge in [0.25, 0.3) is 0 Å². The Bertz CT molecular complexity index is 499. The van der Waals surface area contributed by atoms with Crippen molar-refractivity contribution in [3.63, 3.8) is 0 Å². The van der Waals surface area contributed by atoms with Gasteiger partial charge in [-0.05, 0) is 50.2 Å². The first-order chi connectivity index (χ1) is 10.1. The predicted molar refractivity (Wildman–Crippen MR) is 81.9 cm³/mol. The van der Waals surface area contributed by atoms with Gasteiger partial charge in [-0.15, -0.1) is 0 Å². The number of nitrogen functional groups attached to an aromatic ring is 1. The van der Waals surface area contributed by atoms with Crippen LogP contribution >= 0.6 is 0 Å². The summed E-state index contributed by atoms with van der Waals surface area (Å²) in [5, 5.41) is 0. The lowest BCUT2D eigenvalue weighted by Crippen LogP contribution is -2.49. The summed E-state index contributed by atoms with van der Waals surface area (Å²) in [4.78, 5) is 18.4. The van der Waals surface area contributed by atoms with Crippen LogP contribution in [-0.2, 0) is 9.53 Å². The summed E-state index contributed by atoms with van der Waals surface area (Å²) >= 11 is 0. The van der Waals surface area contributed by atoms with E-state index >= 15 is 0 Å². The zero-order valence-electron chi connectivity index (χ0n) is 12.5. The van der Waals surface area contributed by atoms with Gasteiger partial charge in [0.1, 0.15) is 5.82 Å². The van der Waals surface area contributed by atoms with Crippen LogP contribution in [0.2, 0.25) is 0 Å². The van der Waals surface area contributed by atoms with E-state index in [2.05, 4.69) is 9.88 Å². The highest BCUT2D eigenvalue weighted by molar-refractivity contribution is 5.73. The summed E-state index contributed by atoms with van der Waals surface area (Å²) in [6.07, 6.45) is 5.97. The van der Waals surface area contributed by atoms with Gasteiger partial charge in [0, 0.05) is 13.1 Å². The number of carbonyl (C=O) groups is 1. The number of aromatic nitrogens is 1. The molecule has 0 aromatic carbocycles. The minimum absolute atomic E-state index is 0.00856. The van der Waals surface area contributed by atoms with Crippen LogP contribution in [0.3, 0.4) is 0 Å². The number of pyridine rings is 1. The van der Waals surface area contributed by atoms with Gasteiger partial charge in [0.15, 0.2) is 0 Å². The fourth-order valence-electron chi connectivity index (χ4n) is 3.62. The zero-order chi connectivity index (χ0) is 14.9. The number of nitrogens with two attached hydrogens (primary N) is 1. The average molecular weight is 289 g/mol. The molecule has 0 bridgehead atoms. The fourth-order valence-corrected chi connectivity index (χ4v) is 3.62. The topological polar surface area (TPSA) is 68.5 Å². The van der Waals surface area contributed by atoms with Gasteiger partial charge in [-0.1, -0.05) is 0 Å². The number of ether oxygens (including phenoxy) is 1. The number of hydrogen-bond donors (Lipinski definition) is 1. The molecule has 2 aliphatic rings. The molecule has 1 saturated heterocycles. The van der Waals surface area contributed by atoms with Crippen molar-refractivity contribution in [2.24, 2.45) is 11.3 Å². The summed E-state index contributed by atoms with van der Waals surface area (Å²) in [5.74, 6) is 1.12. The molecule has 5 nitrogen and oxygen atoms in total. The first kappa shape index (κ1) is 14.2. The Morgan fingerprint density at radius 3 is 2.71 bits per heavy atom. The van der Waals surface area contributed by atoms with Gasteiger partial charge in [0.05, 0.1) is 24.4 Å². The van der Waals surface area contributed by atoms with E-state index in [9.17, 15) is 4.79 Å². The Hall–Kier alpha value is -1.78. The zero-order valence-corrected chi connectivity index (χ0v) is 12.5. The number of anilines is 2. The Kier molecular flexibility index (Phi) is 3.74. The van der Waals surface area contributed by atoms with E-state index < -0.39 is 0 Å². The number of esters is 1. The third kappa shape index (κ3) is 2.82. The molecule has 2 heterocycles. The van der Waals surface area contributed by atoms with Crippen LogP contribution in [-0.4, -0.2) is 30.6 Å². The Morgan fingerprint density at radius 2 is 2.14 bits per heavy atom. The van der Waals surface area contributed by atoms with E-state index in [1.165, 1.54) is 0 Å². The lowest BCUT2D eigenvalue weighted by Gasteiger charge is -2.51. The highest BCUT2D eigenvalue weighted by atomic mass is 16.5. The van der Waals surface area contributed by atoms with Crippen LogP contribution in [0.25, 0.3) is 0 Å². The van der Waals surface area contributed by atoms with Crippen molar-refractivity contribution in [2.75, 3.05) is 30.3 Å². The maximum absolute atomic E-state index is 11.7. The molecule has 114 valence electrons. The molecule has 2 fully saturated rings.